The van der Waals surface area contributed by atoms with Gasteiger partial charge in [0.25, 0.3) is 0 Å². The Morgan fingerprint density at radius 2 is 2.21 bits per heavy atom. The van der Waals surface area contributed by atoms with E-state index in [1.165, 1.54) is 17.5 Å². The Hall–Kier alpha value is -1.47. The van der Waals surface area contributed by atoms with Crippen molar-refractivity contribution < 1.29 is 13.2 Å². The number of hydrogen-bond acceptors (Lipinski definition) is 5. The van der Waals surface area contributed by atoms with Crippen molar-refractivity contribution in [2.45, 2.75) is 19.1 Å². The predicted octanol–water partition coefficient (Wildman–Crippen LogP) is 2.06. The van der Waals surface area contributed by atoms with Crippen molar-refractivity contribution >= 4 is 43.0 Å². The third-order valence-electron chi connectivity index (χ3n) is 2.64. The molecule has 5 nitrogen and oxygen atoms in total. The summed E-state index contributed by atoms with van der Waals surface area (Å²) in [5.41, 5.74) is 1.37. The predicted molar refractivity (Wildman–Crippen MR) is 77.2 cm³/mol. The summed E-state index contributed by atoms with van der Waals surface area (Å²) < 4.78 is 24.2. The van der Waals surface area contributed by atoms with Gasteiger partial charge in [-0.15, -0.1) is 11.3 Å². The summed E-state index contributed by atoms with van der Waals surface area (Å²) in [5.74, 6) is -1.04. The summed E-state index contributed by atoms with van der Waals surface area (Å²) in [6.07, 6.45) is 1.52. The first-order chi connectivity index (χ1) is 8.88. The Morgan fingerprint density at radius 1 is 1.47 bits per heavy atom. The SMILES string of the molecule is CC(C)S(=O)(=O)CC(=O)Nc1cnc2ccsc2c1. The quantitative estimate of drug-likeness (QED) is 0.937. The monoisotopic (exact) mass is 298 g/mol. The molecule has 0 bridgehead atoms. The molecule has 1 N–H and O–H groups in total. The number of sulfone groups is 1. The summed E-state index contributed by atoms with van der Waals surface area (Å²) in [4.78, 5) is 15.9. The van der Waals surface area contributed by atoms with Gasteiger partial charge >= 0.3 is 0 Å². The molecule has 0 unspecified atom stereocenters. The summed E-state index contributed by atoms with van der Waals surface area (Å²) in [6, 6.07) is 3.67. The van der Waals surface area contributed by atoms with Gasteiger partial charge in [-0.2, -0.15) is 0 Å². The van der Waals surface area contributed by atoms with E-state index in [4.69, 9.17) is 0 Å². The summed E-state index contributed by atoms with van der Waals surface area (Å²) in [5, 5.41) is 3.91. The molecule has 0 aliphatic carbocycles. The molecule has 1 amide bonds. The molecule has 0 aliphatic heterocycles. The average molecular weight is 298 g/mol. The van der Waals surface area contributed by atoms with Crippen molar-refractivity contribution in [3.63, 3.8) is 0 Å². The second-order valence-corrected chi connectivity index (χ2v) is 7.94. The van der Waals surface area contributed by atoms with Crippen LogP contribution in [-0.2, 0) is 14.6 Å². The number of anilines is 1. The van der Waals surface area contributed by atoms with Crippen LogP contribution in [0.25, 0.3) is 10.2 Å². The lowest BCUT2D eigenvalue weighted by Gasteiger charge is -2.08. The van der Waals surface area contributed by atoms with E-state index in [9.17, 15) is 13.2 Å². The molecular weight excluding hydrogens is 284 g/mol. The van der Waals surface area contributed by atoms with E-state index in [1.807, 2.05) is 11.4 Å². The lowest BCUT2D eigenvalue weighted by Crippen LogP contribution is -2.27. The number of aromatic nitrogens is 1. The largest absolute Gasteiger partial charge is 0.324 e. The van der Waals surface area contributed by atoms with Crippen LogP contribution in [0, 0.1) is 0 Å². The van der Waals surface area contributed by atoms with E-state index in [-0.39, 0.29) is 0 Å². The zero-order valence-electron chi connectivity index (χ0n) is 10.6. The van der Waals surface area contributed by atoms with Crippen molar-refractivity contribution in [1.82, 2.24) is 4.98 Å². The van der Waals surface area contributed by atoms with Crippen LogP contribution in [0.4, 0.5) is 5.69 Å². The molecule has 0 radical (unpaired) electrons. The minimum absolute atomic E-state index is 0.507. The first-order valence-corrected chi connectivity index (χ1v) is 8.32. The highest BCUT2D eigenvalue weighted by Crippen LogP contribution is 2.21. The number of nitrogens with zero attached hydrogens (tertiary/aromatic N) is 1. The molecule has 19 heavy (non-hydrogen) atoms. The topological polar surface area (TPSA) is 76.1 Å². The molecule has 2 heterocycles. The van der Waals surface area contributed by atoms with Crippen LogP contribution >= 0.6 is 11.3 Å². The van der Waals surface area contributed by atoms with Gasteiger partial charge in [0.05, 0.1) is 27.4 Å². The van der Waals surface area contributed by atoms with Gasteiger partial charge in [0.15, 0.2) is 9.84 Å². The highest BCUT2D eigenvalue weighted by Gasteiger charge is 2.20. The Kier molecular flexibility index (Phi) is 3.86. The molecule has 0 fully saturated rings. The van der Waals surface area contributed by atoms with Crippen molar-refractivity contribution in [2.24, 2.45) is 0 Å². The summed E-state index contributed by atoms with van der Waals surface area (Å²) in [6.45, 7) is 3.11. The van der Waals surface area contributed by atoms with Crippen LogP contribution in [0.2, 0.25) is 0 Å². The molecule has 0 aromatic carbocycles. The first-order valence-electron chi connectivity index (χ1n) is 5.73. The van der Waals surface area contributed by atoms with Crippen LogP contribution < -0.4 is 5.32 Å². The van der Waals surface area contributed by atoms with Crippen LogP contribution in [0.15, 0.2) is 23.7 Å². The van der Waals surface area contributed by atoms with Gasteiger partial charge in [-0.1, -0.05) is 0 Å². The molecular formula is C12H14N2O3S2. The van der Waals surface area contributed by atoms with E-state index in [0.29, 0.717) is 5.69 Å². The highest BCUT2D eigenvalue weighted by molar-refractivity contribution is 7.92. The fourth-order valence-electron chi connectivity index (χ4n) is 1.46. The summed E-state index contributed by atoms with van der Waals surface area (Å²) in [7, 11) is -3.38. The number of rotatable bonds is 4. The van der Waals surface area contributed by atoms with Gasteiger partial charge in [0.1, 0.15) is 5.75 Å². The minimum Gasteiger partial charge on any atom is -0.324 e. The van der Waals surface area contributed by atoms with Crippen molar-refractivity contribution in [2.75, 3.05) is 11.1 Å². The highest BCUT2D eigenvalue weighted by atomic mass is 32.2. The van der Waals surface area contributed by atoms with Gasteiger partial charge in [0.2, 0.25) is 5.91 Å². The molecule has 7 heteroatoms. The molecule has 2 aromatic rings. The average Bonchev–Trinajstić information content (AvgIpc) is 2.74. The van der Waals surface area contributed by atoms with E-state index in [1.54, 1.807) is 19.9 Å². The Morgan fingerprint density at radius 3 is 2.89 bits per heavy atom. The minimum atomic E-state index is -3.38. The van der Waals surface area contributed by atoms with Crippen LogP contribution in [0.3, 0.4) is 0 Å². The van der Waals surface area contributed by atoms with Gasteiger partial charge in [0, 0.05) is 0 Å². The standard InChI is InChI=1S/C12H14N2O3S2/c1-8(2)19(16,17)7-12(15)14-9-5-11-10(13-6-9)3-4-18-11/h3-6,8H,7H2,1-2H3,(H,14,15). The second kappa shape index (κ2) is 5.26. The third kappa shape index (κ3) is 3.30. The molecule has 0 spiro atoms. The second-order valence-electron chi connectivity index (χ2n) is 4.43. The molecule has 0 aliphatic rings. The van der Waals surface area contributed by atoms with Crippen molar-refractivity contribution in [3.05, 3.63) is 23.7 Å². The number of thiophene rings is 1. The van der Waals surface area contributed by atoms with Crippen LogP contribution in [0.5, 0.6) is 0 Å². The summed E-state index contributed by atoms with van der Waals surface area (Å²) >= 11 is 1.51. The van der Waals surface area contributed by atoms with Gasteiger partial charge in [-0.05, 0) is 31.4 Å². The number of hydrogen-bond donors (Lipinski definition) is 1. The number of carbonyl (C=O) groups excluding carboxylic acids is 1. The van der Waals surface area contributed by atoms with Gasteiger partial charge < -0.3 is 5.32 Å². The molecule has 2 aromatic heterocycles. The molecule has 102 valence electrons. The van der Waals surface area contributed by atoms with E-state index < -0.39 is 26.7 Å². The normalized spacial score (nSPS) is 11.9. The zero-order chi connectivity index (χ0) is 14.0. The zero-order valence-corrected chi connectivity index (χ0v) is 12.2. The van der Waals surface area contributed by atoms with Crippen LogP contribution in [-0.4, -0.2) is 30.3 Å². The fraction of sp³-hybridized carbons (Fsp3) is 0.333. The Bertz CT molecular complexity index is 705. The molecule has 0 saturated carbocycles. The van der Waals surface area contributed by atoms with Gasteiger partial charge in [-0.3, -0.25) is 9.78 Å². The molecule has 0 saturated heterocycles. The lowest BCUT2D eigenvalue weighted by molar-refractivity contribution is -0.113. The fourth-order valence-corrected chi connectivity index (χ4v) is 3.01. The maximum Gasteiger partial charge on any atom is 0.239 e. The maximum atomic E-state index is 11.7. The van der Waals surface area contributed by atoms with Gasteiger partial charge in [-0.25, -0.2) is 8.42 Å². The smallest absolute Gasteiger partial charge is 0.239 e. The maximum absolute atomic E-state index is 11.7. The number of nitrogens with one attached hydrogen (secondary N) is 1. The number of fused-ring (bicyclic) bond motifs is 1. The van der Waals surface area contributed by atoms with E-state index in [0.717, 1.165) is 10.2 Å². The molecule has 0 atom stereocenters. The van der Waals surface area contributed by atoms with E-state index >= 15 is 0 Å². The third-order valence-corrected chi connectivity index (χ3v) is 5.59. The van der Waals surface area contributed by atoms with E-state index in [2.05, 4.69) is 10.3 Å². The number of amides is 1. The van der Waals surface area contributed by atoms with Crippen molar-refractivity contribution in [3.8, 4) is 0 Å². The lowest BCUT2D eigenvalue weighted by atomic mass is 10.3. The first kappa shape index (κ1) is 14.0. The Balaban J connectivity index is 2.10. The molecule has 2 rings (SSSR count). The van der Waals surface area contributed by atoms with Crippen molar-refractivity contribution in [1.29, 1.82) is 0 Å². The Labute approximate surface area is 115 Å². The van der Waals surface area contributed by atoms with Crippen LogP contribution in [0.1, 0.15) is 13.8 Å². The number of pyridine rings is 1. The number of carbonyl (C=O) groups is 1.